The van der Waals surface area contributed by atoms with Gasteiger partial charge in [0, 0.05) is 24.7 Å². The molecule has 2 bridgehead atoms. The van der Waals surface area contributed by atoms with Crippen LogP contribution in [0.25, 0.3) is 0 Å². The van der Waals surface area contributed by atoms with Crippen LogP contribution in [-0.2, 0) is 14.8 Å². The van der Waals surface area contributed by atoms with Gasteiger partial charge in [-0.05, 0) is 60.6 Å². The Morgan fingerprint density at radius 1 is 1.21 bits per heavy atom. The van der Waals surface area contributed by atoms with E-state index in [-0.39, 0.29) is 27.7 Å². The van der Waals surface area contributed by atoms with Gasteiger partial charge in [-0.2, -0.15) is 4.31 Å². The Hall–Kier alpha value is -1.44. The molecule has 1 heterocycles. The Balaban J connectivity index is 1.57. The topological polar surface area (TPSA) is 75.7 Å². The van der Waals surface area contributed by atoms with E-state index in [9.17, 15) is 13.2 Å². The average molecular weight is 421 g/mol. The molecule has 3 aliphatic rings. The first-order chi connectivity index (χ1) is 13.6. The Kier molecular flexibility index (Phi) is 5.07. The van der Waals surface area contributed by atoms with Crippen LogP contribution in [0, 0.1) is 23.7 Å². The number of amides is 1. The van der Waals surface area contributed by atoms with Gasteiger partial charge in [0.25, 0.3) is 5.91 Å². The van der Waals surface area contributed by atoms with Gasteiger partial charge < -0.3 is 10.1 Å². The van der Waals surface area contributed by atoms with Crippen molar-refractivity contribution in [2.45, 2.75) is 57.9 Å². The molecule has 1 amide bonds. The minimum atomic E-state index is -3.64. The number of ether oxygens (including phenoxy) is 1. The molecule has 3 fully saturated rings. The number of sulfonamides is 1. The van der Waals surface area contributed by atoms with Gasteiger partial charge in [-0.3, -0.25) is 4.79 Å². The maximum atomic E-state index is 13.1. The number of benzene rings is 1. The van der Waals surface area contributed by atoms with Gasteiger partial charge in [0.2, 0.25) is 10.0 Å². The summed E-state index contributed by atoms with van der Waals surface area (Å²) in [4.78, 5) is 13.3. The highest BCUT2D eigenvalue weighted by molar-refractivity contribution is 7.89. The van der Waals surface area contributed by atoms with Gasteiger partial charge >= 0.3 is 0 Å². The highest BCUT2D eigenvalue weighted by Crippen LogP contribution is 2.65. The molecular formula is C22H32N2O4S. The van der Waals surface area contributed by atoms with Crippen molar-refractivity contribution < 1.29 is 17.9 Å². The van der Waals surface area contributed by atoms with E-state index in [1.807, 2.05) is 0 Å². The number of rotatable bonds is 4. The van der Waals surface area contributed by atoms with Crippen molar-refractivity contribution in [3.05, 3.63) is 29.3 Å². The standard InChI is InChI=1S/C22H32N2O4S/c1-15-5-6-16(13-18(15)29(26,27)24-9-11-28-12-10-24)20(25)23-19-14-17-7-8-22(19,4)21(17,2)3/h5-6,13,17,19H,7-12,14H2,1-4H3,(H,23,25)/t17?,19-,22+/m0/s1. The summed E-state index contributed by atoms with van der Waals surface area (Å²) in [6.07, 6.45) is 3.35. The third-order valence-electron chi connectivity index (χ3n) is 8.14. The second kappa shape index (κ2) is 7.06. The summed E-state index contributed by atoms with van der Waals surface area (Å²) in [5.41, 5.74) is 1.36. The van der Waals surface area contributed by atoms with Crippen molar-refractivity contribution >= 4 is 15.9 Å². The molecule has 1 aromatic rings. The lowest BCUT2D eigenvalue weighted by atomic mass is 9.69. The summed E-state index contributed by atoms with van der Waals surface area (Å²) >= 11 is 0. The number of aryl methyl sites for hydroxylation is 1. The van der Waals surface area contributed by atoms with Crippen LogP contribution in [-0.4, -0.2) is 51.0 Å². The third-order valence-corrected chi connectivity index (χ3v) is 10.2. The fraction of sp³-hybridized carbons (Fsp3) is 0.682. The number of hydrogen-bond acceptors (Lipinski definition) is 4. The van der Waals surface area contributed by atoms with Crippen molar-refractivity contribution in [2.75, 3.05) is 26.3 Å². The molecule has 4 rings (SSSR count). The smallest absolute Gasteiger partial charge is 0.251 e. The molecule has 1 aromatic carbocycles. The Morgan fingerprint density at radius 2 is 1.90 bits per heavy atom. The van der Waals surface area contributed by atoms with Gasteiger partial charge in [-0.15, -0.1) is 0 Å². The van der Waals surface area contributed by atoms with Gasteiger partial charge in [-0.25, -0.2) is 8.42 Å². The number of nitrogens with one attached hydrogen (secondary N) is 1. The molecule has 2 aliphatic carbocycles. The quantitative estimate of drug-likeness (QED) is 0.813. The lowest BCUT2D eigenvalue weighted by Gasteiger charge is -2.39. The molecule has 0 spiro atoms. The molecule has 1 aliphatic heterocycles. The minimum Gasteiger partial charge on any atom is -0.379 e. The maximum absolute atomic E-state index is 13.1. The minimum absolute atomic E-state index is 0.0841. The largest absolute Gasteiger partial charge is 0.379 e. The van der Waals surface area contributed by atoms with E-state index < -0.39 is 10.0 Å². The molecule has 1 unspecified atom stereocenters. The van der Waals surface area contributed by atoms with Crippen LogP contribution in [0.1, 0.15) is 56.0 Å². The molecule has 1 saturated heterocycles. The SMILES string of the molecule is Cc1ccc(C(=O)N[C@H]2CC3CC[C@@]2(C)C3(C)C)cc1S(=O)(=O)N1CCOCC1. The molecule has 160 valence electrons. The fourth-order valence-corrected chi connectivity index (χ4v) is 7.27. The predicted molar refractivity (Wildman–Crippen MR) is 111 cm³/mol. The number of carbonyl (C=O) groups excluding carboxylic acids is 1. The first-order valence-electron chi connectivity index (χ1n) is 10.6. The summed E-state index contributed by atoms with van der Waals surface area (Å²) in [5, 5.41) is 3.23. The number of morpholine rings is 1. The first-order valence-corrected chi connectivity index (χ1v) is 12.0. The monoisotopic (exact) mass is 420 g/mol. The summed E-state index contributed by atoms with van der Waals surface area (Å²) in [5.74, 6) is 0.450. The molecule has 6 nitrogen and oxygen atoms in total. The van der Waals surface area contributed by atoms with Crippen LogP contribution in [0.15, 0.2) is 23.1 Å². The molecule has 7 heteroatoms. The number of hydrogen-bond donors (Lipinski definition) is 1. The zero-order chi connectivity index (χ0) is 21.0. The number of carbonyl (C=O) groups is 1. The normalized spacial score (nSPS) is 31.7. The molecule has 1 N–H and O–H groups in total. The van der Waals surface area contributed by atoms with E-state index in [4.69, 9.17) is 4.74 Å². The first kappa shape index (κ1) is 20.8. The second-order valence-electron chi connectivity index (χ2n) is 9.63. The summed E-state index contributed by atoms with van der Waals surface area (Å²) < 4.78 is 32.9. The third kappa shape index (κ3) is 3.22. The Labute approximate surface area is 174 Å². The van der Waals surface area contributed by atoms with Crippen LogP contribution in [0.4, 0.5) is 0 Å². The van der Waals surface area contributed by atoms with E-state index in [1.54, 1.807) is 19.1 Å². The molecule has 0 aromatic heterocycles. The van der Waals surface area contributed by atoms with Gasteiger partial charge in [-0.1, -0.05) is 26.8 Å². The van der Waals surface area contributed by atoms with Gasteiger partial charge in [0.15, 0.2) is 0 Å². The van der Waals surface area contributed by atoms with Gasteiger partial charge in [0.05, 0.1) is 18.1 Å². The zero-order valence-corrected chi connectivity index (χ0v) is 18.6. The van der Waals surface area contributed by atoms with Crippen LogP contribution >= 0.6 is 0 Å². The average Bonchev–Trinajstić information content (AvgIpc) is 3.02. The Morgan fingerprint density at radius 3 is 2.48 bits per heavy atom. The van der Waals surface area contributed by atoms with E-state index >= 15 is 0 Å². The summed E-state index contributed by atoms with van der Waals surface area (Å²) in [6, 6.07) is 5.12. The molecule has 3 atom stereocenters. The van der Waals surface area contributed by atoms with E-state index in [0.29, 0.717) is 43.3 Å². The Bertz CT molecular complexity index is 921. The highest BCUT2D eigenvalue weighted by atomic mass is 32.2. The van der Waals surface area contributed by atoms with E-state index in [2.05, 4.69) is 26.1 Å². The molecule has 29 heavy (non-hydrogen) atoms. The van der Waals surface area contributed by atoms with Gasteiger partial charge in [0.1, 0.15) is 0 Å². The van der Waals surface area contributed by atoms with E-state index in [0.717, 1.165) is 12.8 Å². The zero-order valence-electron chi connectivity index (χ0n) is 17.8. The maximum Gasteiger partial charge on any atom is 0.251 e. The van der Waals surface area contributed by atoms with Crippen molar-refractivity contribution in [3.63, 3.8) is 0 Å². The fourth-order valence-electron chi connectivity index (χ4n) is 5.61. The van der Waals surface area contributed by atoms with Crippen molar-refractivity contribution in [1.29, 1.82) is 0 Å². The van der Waals surface area contributed by atoms with E-state index in [1.165, 1.54) is 16.8 Å². The van der Waals surface area contributed by atoms with Crippen LogP contribution < -0.4 is 5.32 Å². The van der Waals surface area contributed by atoms with Crippen LogP contribution in [0.3, 0.4) is 0 Å². The lowest BCUT2D eigenvalue weighted by Crippen LogP contribution is -2.47. The lowest BCUT2D eigenvalue weighted by molar-refractivity contribution is 0.0730. The summed E-state index contributed by atoms with van der Waals surface area (Å²) in [7, 11) is -3.64. The van der Waals surface area contributed by atoms with Crippen molar-refractivity contribution in [3.8, 4) is 0 Å². The molecular weight excluding hydrogens is 388 g/mol. The number of fused-ring (bicyclic) bond motifs is 2. The van der Waals surface area contributed by atoms with Crippen LogP contribution in [0.2, 0.25) is 0 Å². The predicted octanol–water partition coefficient (Wildman–Crippen LogP) is 2.96. The summed E-state index contributed by atoms with van der Waals surface area (Å²) in [6.45, 7) is 10.2. The van der Waals surface area contributed by atoms with Crippen molar-refractivity contribution in [1.82, 2.24) is 9.62 Å². The van der Waals surface area contributed by atoms with Crippen molar-refractivity contribution in [2.24, 2.45) is 16.7 Å². The van der Waals surface area contributed by atoms with Crippen LogP contribution in [0.5, 0.6) is 0 Å². The molecule has 0 radical (unpaired) electrons. The number of nitrogens with zero attached hydrogens (tertiary/aromatic N) is 1. The molecule has 2 saturated carbocycles. The second-order valence-corrected chi connectivity index (χ2v) is 11.5. The highest BCUT2D eigenvalue weighted by Gasteiger charge is 2.61.